The van der Waals surface area contributed by atoms with Gasteiger partial charge in [-0.2, -0.15) is 0 Å². The summed E-state index contributed by atoms with van der Waals surface area (Å²) in [6.07, 6.45) is 3.99. The van der Waals surface area contributed by atoms with Gasteiger partial charge in [0.25, 0.3) is 5.91 Å². The number of benzene rings is 2. The summed E-state index contributed by atoms with van der Waals surface area (Å²) in [4.78, 5) is 33.1. The van der Waals surface area contributed by atoms with Crippen molar-refractivity contribution in [1.82, 2.24) is 15.3 Å². The first-order chi connectivity index (χ1) is 17.3. The van der Waals surface area contributed by atoms with Crippen LogP contribution in [0.25, 0.3) is 0 Å². The first-order valence-electron chi connectivity index (χ1n) is 12.1. The average Bonchev–Trinajstić information content (AvgIpc) is 2.86. The van der Waals surface area contributed by atoms with E-state index in [1.807, 2.05) is 44.2 Å². The molecule has 1 aromatic heterocycles. The van der Waals surface area contributed by atoms with Crippen LogP contribution in [0.2, 0.25) is 10.0 Å². The highest BCUT2D eigenvalue weighted by molar-refractivity contribution is 6.35. The lowest BCUT2D eigenvalue weighted by Gasteiger charge is -2.36. The van der Waals surface area contributed by atoms with Crippen LogP contribution < -0.4 is 20.6 Å². The van der Waals surface area contributed by atoms with E-state index in [9.17, 15) is 9.59 Å². The fourth-order valence-electron chi connectivity index (χ4n) is 4.48. The van der Waals surface area contributed by atoms with Crippen molar-refractivity contribution in [2.75, 3.05) is 24.6 Å². The molecule has 0 aliphatic carbocycles. The molecule has 2 aromatic carbocycles. The molecule has 3 aromatic rings. The molecular formula is C27H30Cl2N4O3. The Kier molecular flexibility index (Phi) is 8.54. The molecule has 190 valence electrons. The lowest BCUT2D eigenvalue weighted by Crippen LogP contribution is -2.44. The Hall–Kier alpha value is -3.03. The third kappa shape index (κ3) is 6.59. The zero-order chi connectivity index (χ0) is 25.7. The standard InChI is InChI=1S/C27H30Cl2N4O3/c1-17-3-4-21(15-24(17)36-14-10-20-5-6-22(28)16-23(20)29)26(34)31-18(2)19-8-12-33(13-9-19)25-7-11-30-27(35)32-25/h3-7,11,15-16,18-19H,8-10,12-14H2,1-2H3,(H,31,34)(H,30,32,35). The first kappa shape index (κ1) is 26.0. The van der Waals surface area contributed by atoms with Gasteiger partial charge < -0.3 is 15.0 Å². The highest BCUT2D eigenvalue weighted by atomic mass is 35.5. The monoisotopic (exact) mass is 528 g/mol. The maximum Gasteiger partial charge on any atom is 0.346 e. The summed E-state index contributed by atoms with van der Waals surface area (Å²) >= 11 is 12.2. The van der Waals surface area contributed by atoms with Crippen molar-refractivity contribution in [3.05, 3.63) is 85.9 Å². The van der Waals surface area contributed by atoms with Crippen molar-refractivity contribution in [2.45, 2.75) is 39.2 Å². The second-order valence-electron chi connectivity index (χ2n) is 9.16. The Bertz CT molecular complexity index is 1270. The largest absolute Gasteiger partial charge is 0.493 e. The predicted octanol–water partition coefficient (Wildman–Crippen LogP) is 5.04. The van der Waals surface area contributed by atoms with Gasteiger partial charge in [-0.3, -0.25) is 9.78 Å². The van der Waals surface area contributed by atoms with Gasteiger partial charge in [0.05, 0.1) is 6.61 Å². The number of piperidine rings is 1. The summed E-state index contributed by atoms with van der Waals surface area (Å²) in [5.74, 6) is 1.70. The van der Waals surface area contributed by atoms with Crippen LogP contribution in [-0.2, 0) is 6.42 Å². The molecule has 1 amide bonds. The van der Waals surface area contributed by atoms with Crippen molar-refractivity contribution in [3.63, 3.8) is 0 Å². The molecule has 2 N–H and O–H groups in total. The maximum absolute atomic E-state index is 13.0. The minimum atomic E-state index is -0.342. The van der Waals surface area contributed by atoms with E-state index in [1.165, 1.54) is 6.20 Å². The van der Waals surface area contributed by atoms with Gasteiger partial charge in [0.2, 0.25) is 0 Å². The number of aryl methyl sites for hydroxylation is 1. The molecule has 4 rings (SSSR count). The van der Waals surface area contributed by atoms with Crippen LogP contribution in [0, 0.1) is 12.8 Å². The predicted molar refractivity (Wildman–Crippen MR) is 144 cm³/mol. The number of carbonyl (C=O) groups is 1. The fraction of sp³-hybridized carbons (Fsp3) is 0.370. The Morgan fingerprint density at radius 2 is 1.97 bits per heavy atom. The van der Waals surface area contributed by atoms with Gasteiger partial charge in [-0.1, -0.05) is 35.3 Å². The molecule has 9 heteroatoms. The number of hydrogen-bond donors (Lipinski definition) is 2. The molecule has 0 bridgehead atoms. The molecule has 1 aliphatic rings. The highest BCUT2D eigenvalue weighted by Crippen LogP contribution is 2.25. The van der Waals surface area contributed by atoms with Gasteiger partial charge in [-0.25, -0.2) is 9.78 Å². The molecule has 0 spiro atoms. The van der Waals surface area contributed by atoms with Gasteiger partial charge in [0.15, 0.2) is 0 Å². The minimum Gasteiger partial charge on any atom is -0.493 e. The number of ether oxygens (including phenoxy) is 1. The number of aromatic amines is 1. The van der Waals surface area contributed by atoms with E-state index in [0.717, 1.165) is 42.9 Å². The lowest BCUT2D eigenvalue weighted by atomic mass is 9.90. The number of H-pyrrole nitrogens is 1. The van der Waals surface area contributed by atoms with Crippen molar-refractivity contribution in [1.29, 1.82) is 0 Å². The quantitative estimate of drug-likeness (QED) is 0.427. The Labute approximate surface area is 220 Å². The van der Waals surface area contributed by atoms with Gasteiger partial charge in [-0.15, -0.1) is 0 Å². The summed E-state index contributed by atoms with van der Waals surface area (Å²) < 4.78 is 5.99. The smallest absolute Gasteiger partial charge is 0.346 e. The number of hydrogen-bond acceptors (Lipinski definition) is 5. The molecule has 0 radical (unpaired) electrons. The van der Waals surface area contributed by atoms with E-state index in [0.29, 0.717) is 40.3 Å². The second kappa shape index (κ2) is 11.8. The molecule has 1 atom stereocenters. The number of halogens is 2. The molecule has 1 saturated heterocycles. The topological polar surface area (TPSA) is 87.3 Å². The van der Waals surface area contributed by atoms with E-state index in [4.69, 9.17) is 27.9 Å². The van der Waals surface area contributed by atoms with Gasteiger partial charge in [0, 0.05) is 47.4 Å². The number of aromatic nitrogens is 2. The van der Waals surface area contributed by atoms with Crippen LogP contribution in [0.4, 0.5) is 5.82 Å². The van der Waals surface area contributed by atoms with Crippen LogP contribution in [0.1, 0.15) is 41.3 Å². The van der Waals surface area contributed by atoms with Crippen molar-refractivity contribution in [3.8, 4) is 5.75 Å². The molecule has 7 nitrogen and oxygen atoms in total. The maximum atomic E-state index is 13.0. The summed E-state index contributed by atoms with van der Waals surface area (Å²) in [7, 11) is 0. The Morgan fingerprint density at radius 3 is 2.69 bits per heavy atom. The number of amides is 1. The molecule has 36 heavy (non-hydrogen) atoms. The summed E-state index contributed by atoms with van der Waals surface area (Å²) in [5, 5.41) is 4.38. The SMILES string of the molecule is Cc1ccc(C(=O)NC(C)C2CCN(c3ccnc(=O)[nH]3)CC2)cc1OCCc1ccc(Cl)cc1Cl. The lowest BCUT2D eigenvalue weighted by molar-refractivity contribution is 0.0921. The van der Waals surface area contributed by atoms with Crippen LogP contribution >= 0.6 is 23.2 Å². The van der Waals surface area contributed by atoms with Crippen molar-refractivity contribution in [2.24, 2.45) is 5.92 Å². The third-order valence-corrected chi connectivity index (χ3v) is 7.29. The number of rotatable bonds is 8. The number of nitrogens with zero attached hydrogens (tertiary/aromatic N) is 2. The van der Waals surface area contributed by atoms with E-state index in [-0.39, 0.29) is 17.6 Å². The third-order valence-electron chi connectivity index (χ3n) is 6.70. The fourth-order valence-corrected chi connectivity index (χ4v) is 4.99. The van der Waals surface area contributed by atoms with E-state index in [2.05, 4.69) is 20.2 Å². The van der Waals surface area contributed by atoms with Crippen LogP contribution in [0.15, 0.2) is 53.5 Å². The summed E-state index contributed by atoms with van der Waals surface area (Å²) in [5.41, 5.74) is 2.15. The Morgan fingerprint density at radius 1 is 1.19 bits per heavy atom. The molecule has 1 unspecified atom stereocenters. The van der Waals surface area contributed by atoms with Crippen molar-refractivity contribution < 1.29 is 9.53 Å². The van der Waals surface area contributed by atoms with E-state index < -0.39 is 0 Å². The van der Waals surface area contributed by atoms with Crippen molar-refractivity contribution >= 4 is 34.9 Å². The van der Waals surface area contributed by atoms with Gasteiger partial charge in [-0.05, 0) is 74.1 Å². The molecular weight excluding hydrogens is 499 g/mol. The minimum absolute atomic E-state index is 0.0221. The second-order valence-corrected chi connectivity index (χ2v) is 10.0. The number of carbonyl (C=O) groups excluding carboxylic acids is 1. The number of nitrogens with one attached hydrogen (secondary N) is 2. The summed E-state index contributed by atoms with van der Waals surface area (Å²) in [6, 6.07) is 12.8. The van der Waals surface area contributed by atoms with Crippen LogP contribution in [0.5, 0.6) is 5.75 Å². The summed E-state index contributed by atoms with van der Waals surface area (Å²) in [6.45, 7) is 6.06. The average molecular weight is 529 g/mol. The van der Waals surface area contributed by atoms with Gasteiger partial charge in [0.1, 0.15) is 11.6 Å². The molecule has 2 heterocycles. The molecule has 1 aliphatic heterocycles. The zero-order valence-electron chi connectivity index (χ0n) is 20.4. The normalized spacial score (nSPS) is 14.9. The zero-order valence-corrected chi connectivity index (χ0v) is 21.9. The number of anilines is 1. The van der Waals surface area contributed by atoms with E-state index in [1.54, 1.807) is 12.1 Å². The first-order valence-corrected chi connectivity index (χ1v) is 12.8. The van der Waals surface area contributed by atoms with E-state index >= 15 is 0 Å². The highest BCUT2D eigenvalue weighted by Gasteiger charge is 2.26. The van der Waals surface area contributed by atoms with Crippen LogP contribution in [-0.4, -0.2) is 41.6 Å². The molecule has 1 fully saturated rings. The van der Waals surface area contributed by atoms with Crippen LogP contribution in [0.3, 0.4) is 0 Å². The Balaban J connectivity index is 1.30. The molecule has 0 saturated carbocycles. The van der Waals surface area contributed by atoms with Gasteiger partial charge >= 0.3 is 5.69 Å².